The van der Waals surface area contributed by atoms with Crippen molar-refractivity contribution in [2.75, 3.05) is 24.4 Å². The molecule has 3 aromatic rings. The van der Waals surface area contributed by atoms with Crippen LogP contribution in [-0.2, 0) is 22.4 Å². The molecule has 0 saturated carbocycles. The van der Waals surface area contributed by atoms with Gasteiger partial charge in [0, 0.05) is 21.0 Å². The van der Waals surface area contributed by atoms with Gasteiger partial charge < -0.3 is 20.1 Å². The van der Waals surface area contributed by atoms with Gasteiger partial charge in [0.25, 0.3) is 5.91 Å². The van der Waals surface area contributed by atoms with Crippen LogP contribution in [0.25, 0.3) is 0 Å². The van der Waals surface area contributed by atoms with Crippen molar-refractivity contribution < 1.29 is 23.9 Å². The van der Waals surface area contributed by atoms with Crippen LogP contribution in [0.15, 0.2) is 53.4 Å². The van der Waals surface area contributed by atoms with E-state index in [-0.39, 0.29) is 24.4 Å². The molecular weight excluding hydrogens is 508 g/mol. The molecule has 0 radical (unpaired) electrons. The number of esters is 1. The van der Waals surface area contributed by atoms with E-state index < -0.39 is 5.25 Å². The summed E-state index contributed by atoms with van der Waals surface area (Å²) in [6.45, 7) is 3.88. The number of nitrogens with one attached hydrogen (secondary N) is 2. The molecule has 9 heteroatoms. The van der Waals surface area contributed by atoms with Crippen molar-refractivity contribution in [3.05, 3.63) is 70.1 Å². The zero-order valence-electron chi connectivity index (χ0n) is 21.1. The third-order valence-corrected chi connectivity index (χ3v) is 8.31. The maximum Gasteiger partial charge on any atom is 0.341 e. The van der Waals surface area contributed by atoms with Crippen LogP contribution in [0, 0.1) is 0 Å². The number of carbonyl (C=O) groups excluding carboxylic acids is 3. The zero-order chi connectivity index (χ0) is 26.4. The lowest BCUT2D eigenvalue weighted by molar-refractivity contribution is -0.115. The molecule has 2 amide bonds. The summed E-state index contributed by atoms with van der Waals surface area (Å²) in [4.78, 5) is 40.4. The van der Waals surface area contributed by atoms with E-state index in [2.05, 4.69) is 10.6 Å². The van der Waals surface area contributed by atoms with Gasteiger partial charge in [0.2, 0.25) is 5.91 Å². The second-order valence-corrected chi connectivity index (χ2v) is 11.1. The molecule has 0 spiro atoms. The SMILES string of the molecule is CCOC(=O)c1c(NC(=O)C(C)Sc2cccc(NC(=O)c3ccc(OC)cc3)c2)sc2c1CCCC2. The average molecular weight is 539 g/mol. The van der Waals surface area contributed by atoms with E-state index in [9.17, 15) is 14.4 Å². The van der Waals surface area contributed by atoms with Crippen molar-refractivity contribution in [3.8, 4) is 5.75 Å². The summed E-state index contributed by atoms with van der Waals surface area (Å²) in [6.07, 6.45) is 3.86. The van der Waals surface area contributed by atoms with E-state index in [0.29, 0.717) is 27.6 Å². The highest BCUT2D eigenvalue weighted by molar-refractivity contribution is 8.00. The quantitative estimate of drug-likeness (QED) is 0.249. The van der Waals surface area contributed by atoms with E-state index in [1.807, 2.05) is 25.1 Å². The molecule has 2 N–H and O–H groups in total. The summed E-state index contributed by atoms with van der Waals surface area (Å²) in [7, 11) is 1.58. The van der Waals surface area contributed by atoms with E-state index >= 15 is 0 Å². The van der Waals surface area contributed by atoms with Gasteiger partial charge in [-0.15, -0.1) is 23.1 Å². The van der Waals surface area contributed by atoms with Crippen molar-refractivity contribution >= 4 is 51.6 Å². The number of hydrogen-bond donors (Lipinski definition) is 2. The van der Waals surface area contributed by atoms with Crippen molar-refractivity contribution in [3.63, 3.8) is 0 Å². The molecule has 194 valence electrons. The summed E-state index contributed by atoms with van der Waals surface area (Å²) < 4.78 is 10.4. The molecule has 1 aliphatic carbocycles. The lowest BCUT2D eigenvalue weighted by atomic mass is 9.95. The molecule has 4 rings (SSSR count). The Morgan fingerprint density at radius 3 is 2.54 bits per heavy atom. The maximum absolute atomic E-state index is 13.1. The number of hydrogen-bond acceptors (Lipinski definition) is 7. The van der Waals surface area contributed by atoms with Gasteiger partial charge in [0.1, 0.15) is 10.8 Å². The van der Waals surface area contributed by atoms with E-state index in [1.54, 1.807) is 44.4 Å². The van der Waals surface area contributed by atoms with Crippen LogP contribution in [0.5, 0.6) is 5.75 Å². The van der Waals surface area contributed by atoms with Gasteiger partial charge in [0.05, 0.1) is 24.5 Å². The van der Waals surface area contributed by atoms with Crippen LogP contribution in [0.3, 0.4) is 0 Å². The summed E-state index contributed by atoms with van der Waals surface area (Å²) in [6, 6.07) is 14.2. The maximum atomic E-state index is 13.1. The number of rotatable bonds is 9. The van der Waals surface area contributed by atoms with Gasteiger partial charge in [-0.3, -0.25) is 9.59 Å². The Morgan fingerprint density at radius 1 is 1.05 bits per heavy atom. The molecule has 1 aliphatic rings. The molecule has 1 heterocycles. The molecule has 0 aliphatic heterocycles. The van der Waals surface area contributed by atoms with Crippen LogP contribution in [0.1, 0.15) is 57.8 Å². The lowest BCUT2D eigenvalue weighted by Gasteiger charge is -2.14. The molecule has 0 saturated heterocycles. The number of thiophene rings is 1. The first-order valence-corrected chi connectivity index (χ1v) is 13.9. The number of anilines is 2. The second kappa shape index (κ2) is 12.3. The van der Waals surface area contributed by atoms with Gasteiger partial charge >= 0.3 is 5.97 Å². The summed E-state index contributed by atoms with van der Waals surface area (Å²) in [5.41, 5.74) is 2.68. The van der Waals surface area contributed by atoms with Crippen molar-refractivity contribution in [1.82, 2.24) is 0 Å². The molecule has 1 unspecified atom stereocenters. The van der Waals surface area contributed by atoms with E-state index in [0.717, 1.165) is 41.0 Å². The first-order chi connectivity index (χ1) is 17.9. The first kappa shape index (κ1) is 26.8. The predicted octanol–water partition coefficient (Wildman–Crippen LogP) is 6.18. The number of ether oxygens (including phenoxy) is 2. The minimum Gasteiger partial charge on any atom is -0.497 e. The standard InChI is InChI=1S/C28H30N2O5S2/c1-4-35-28(33)24-22-10-5-6-11-23(22)37-27(24)30-25(31)17(2)36-21-9-7-8-19(16-21)29-26(32)18-12-14-20(34-3)15-13-18/h7-9,12-17H,4-6,10-11H2,1-3H3,(H,29,32)(H,30,31). The van der Waals surface area contributed by atoms with Crippen molar-refractivity contribution in [2.24, 2.45) is 0 Å². The van der Waals surface area contributed by atoms with Gasteiger partial charge in [-0.25, -0.2) is 4.79 Å². The number of fused-ring (bicyclic) bond motifs is 1. The van der Waals surface area contributed by atoms with Gasteiger partial charge in [-0.2, -0.15) is 0 Å². The summed E-state index contributed by atoms with van der Waals surface area (Å²) in [5, 5.41) is 6.02. The third-order valence-electron chi connectivity index (χ3n) is 6.01. The monoisotopic (exact) mass is 538 g/mol. The number of carbonyl (C=O) groups is 3. The fraction of sp³-hybridized carbons (Fsp3) is 0.321. The summed E-state index contributed by atoms with van der Waals surface area (Å²) >= 11 is 2.86. The first-order valence-electron chi connectivity index (χ1n) is 12.2. The van der Waals surface area contributed by atoms with E-state index in [4.69, 9.17) is 9.47 Å². The highest BCUT2D eigenvalue weighted by atomic mass is 32.2. The topological polar surface area (TPSA) is 93.7 Å². The van der Waals surface area contributed by atoms with E-state index in [1.165, 1.54) is 23.1 Å². The Hall–Kier alpha value is -3.30. The largest absolute Gasteiger partial charge is 0.497 e. The van der Waals surface area contributed by atoms with Gasteiger partial charge in [-0.1, -0.05) is 6.07 Å². The molecule has 2 aromatic carbocycles. The third kappa shape index (κ3) is 6.53. The Morgan fingerprint density at radius 2 is 1.81 bits per heavy atom. The van der Waals surface area contributed by atoms with Crippen molar-refractivity contribution in [2.45, 2.75) is 49.7 Å². The van der Waals surface area contributed by atoms with Crippen LogP contribution in [0.2, 0.25) is 0 Å². The number of aryl methyl sites for hydroxylation is 1. The fourth-order valence-corrected chi connectivity index (χ4v) is 6.34. The average Bonchev–Trinajstić information content (AvgIpc) is 3.27. The Labute approximate surface area is 224 Å². The Kier molecular flexibility index (Phi) is 8.89. The molecule has 1 aromatic heterocycles. The van der Waals surface area contributed by atoms with Crippen molar-refractivity contribution in [1.29, 1.82) is 0 Å². The number of methoxy groups -OCH3 is 1. The predicted molar refractivity (Wildman–Crippen MR) is 148 cm³/mol. The summed E-state index contributed by atoms with van der Waals surface area (Å²) in [5.74, 6) is -0.123. The van der Waals surface area contributed by atoms with Crippen LogP contribution in [0.4, 0.5) is 10.7 Å². The number of benzene rings is 2. The zero-order valence-corrected chi connectivity index (χ0v) is 22.7. The lowest BCUT2D eigenvalue weighted by Crippen LogP contribution is -2.23. The van der Waals surface area contributed by atoms with Gasteiger partial charge in [0.15, 0.2) is 0 Å². The number of thioether (sulfide) groups is 1. The Bertz CT molecular complexity index is 1290. The molecule has 37 heavy (non-hydrogen) atoms. The molecular formula is C28H30N2O5S2. The smallest absolute Gasteiger partial charge is 0.341 e. The minimum absolute atomic E-state index is 0.193. The minimum atomic E-state index is -0.429. The fourth-order valence-electron chi connectivity index (χ4n) is 4.14. The molecule has 1 atom stereocenters. The molecule has 7 nitrogen and oxygen atoms in total. The van der Waals surface area contributed by atoms with Crippen LogP contribution >= 0.6 is 23.1 Å². The second-order valence-electron chi connectivity index (χ2n) is 8.60. The Balaban J connectivity index is 1.42. The van der Waals surface area contributed by atoms with Crippen LogP contribution < -0.4 is 15.4 Å². The molecule has 0 fully saturated rings. The molecule has 0 bridgehead atoms. The highest BCUT2D eigenvalue weighted by Crippen LogP contribution is 2.39. The van der Waals surface area contributed by atoms with Gasteiger partial charge in [-0.05, 0) is 87.6 Å². The number of amides is 2. The highest BCUT2D eigenvalue weighted by Gasteiger charge is 2.28. The van der Waals surface area contributed by atoms with Crippen LogP contribution in [-0.4, -0.2) is 36.8 Å². The normalized spacial score (nSPS) is 13.3.